The fraction of sp³-hybridized carbons (Fsp3) is 0.873. The highest BCUT2D eigenvalue weighted by molar-refractivity contribution is 7.47. The smallest absolute Gasteiger partial charge is 0.462 e. The number of carbonyl (C=O) groups excluding carboxylic acids is 4. The number of aliphatic hydroxyl groups is 1. The lowest BCUT2D eigenvalue weighted by molar-refractivity contribution is -0.161. The Morgan fingerprint density at radius 1 is 0.341 bits per heavy atom. The number of hydrogen-bond acceptors (Lipinski definition) is 15. The van der Waals surface area contributed by atoms with Crippen LogP contribution >= 0.6 is 15.6 Å². The molecule has 2 unspecified atom stereocenters. The number of carbonyl (C=O) groups is 4. The Morgan fingerprint density at radius 2 is 0.585 bits per heavy atom. The predicted molar refractivity (Wildman–Crippen MR) is 326 cm³/mol. The largest absolute Gasteiger partial charge is 0.472 e. The second-order valence-corrected chi connectivity index (χ2v) is 25.0. The van der Waals surface area contributed by atoms with Crippen molar-refractivity contribution >= 4 is 39.5 Å². The van der Waals surface area contributed by atoms with Crippen molar-refractivity contribution < 1.29 is 80.2 Å². The zero-order valence-corrected chi connectivity index (χ0v) is 53.7. The molecule has 0 heterocycles. The van der Waals surface area contributed by atoms with Crippen molar-refractivity contribution in [2.24, 2.45) is 0 Å². The summed E-state index contributed by atoms with van der Waals surface area (Å²) in [6.45, 7) is 4.72. The molecule has 0 aromatic heterocycles. The highest BCUT2D eigenvalue weighted by atomic mass is 31.2. The van der Waals surface area contributed by atoms with E-state index < -0.39 is 97.5 Å². The lowest BCUT2D eigenvalue weighted by atomic mass is 10.0. The van der Waals surface area contributed by atoms with E-state index >= 15 is 0 Å². The summed E-state index contributed by atoms with van der Waals surface area (Å²) in [7, 11) is -9.89. The van der Waals surface area contributed by atoms with Crippen LogP contribution in [0.1, 0.15) is 297 Å². The van der Waals surface area contributed by atoms with E-state index in [9.17, 15) is 43.2 Å². The lowest BCUT2D eigenvalue weighted by Gasteiger charge is -2.21. The third-order valence-corrected chi connectivity index (χ3v) is 15.9. The van der Waals surface area contributed by atoms with Gasteiger partial charge in [-0.3, -0.25) is 37.3 Å². The standard InChI is InChI=1S/C63H118O17P2/c1-5-9-13-17-20-23-26-28-29-30-32-35-38-42-46-50-63(68)80-59(54-74-61(66)48-44-40-36-34-31-27-24-21-18-14-10-6-2)56-78-82(71,72)76-52-57(64)51-75-81(69,70)77-55-58(53-73-60(65)47-43-39-16-12-8-4)79-62(67)49-45-41-37-33-25-22-19-15-11-7-3/h23,26,28-29,57-59,64H,5-22,24-25,27,30-56H2,1-4H3,(H,69,70)(H,71,72)/b26-23-,29-28-/t57-,58+,59+/m0/s1. The van der Waals surface area contributed by atoms with Gasteiger partial charge in [-0.15, -0.1) is 0 Å². The van der Waals surface area contributed by atoms with Gasteiger partial charge >= 0.3 is 39.5 Å². The van der Waals surface area contributed by atoms with Gasteiger partial charge in [-0.2, -0.15) is 0 Å². The van der Waals surface area contributed by atoms with Crippen molar-refractivity contribution in [2.45, 2.75) is 316 Å². The fourth-order valence-electron chi connectivity index (χ4n) is 8.92. The number of phosphoric ester groups is 2. The minimum Gasteiger partial charge on any atom is -0.462 e. The Morgan fingerprint density at radius 3 is 0.890 bits per heavy atom. The van der Waals surface area contributed by atoms with E-state index in [1.54, 1.807) is 0 Å². The first kappa shape index (κ1) is 79.5. The Kier molecular flexibility index (Phi) is 55.9. The monoisotopic (exact) mass is 1210 g/mol. The van der Waals surface area contributed by atoms with Crippen LogP contribution in [-0.2, 0) is 65.4 Å². The average molecular weight is 1210 g/mol. The SMILES string of the molecule is CCCCCC/C=C\C=C/CCCCCCCC(=O)O[C@H](COC(=O)CCCCCCCCCCCCCC)COP(=O)(O)OC[C@@H](O)COP(=O)(O)OC[C@@H](COC(=O)CCCCCCC)OC(=O)CCCCCCCCCCCC. The molecule has 5 atom stereocenters. The first-order valence-electron chi connectivity index (χ1n) is 32.6. The maximum absolute atomic E-state index is 13.0. The van der Waals surface area contributed by atoms with Crippen LogP contribution < -0.4 is 0 Å². The third kappa shape index (κ3) is 56.7. The molecule has 19 heteroatoms. The van der Waals surface area contributed by atoms with E-state index in [4.69, 9.17) is 37.0 Å². The quantitative estimate of drug-likeness (QED) is 0.0169. The van der Waals surface area contributed by atoms with Crippen molar-refractivity contribution in [3.63, 3.8) is 0 Å². The van der Waals surface area contributed by atoms with Crippen molar-refractivity contribution in [1.29, 1.82) is 0 Å². The first-order chi connectivity index (χ1) is 39.7. The van der Waals surface area contributed by atoms with Gasteiger partial charge in [-0.25, -0.2) is 9.13 Å². The van der Waals surface area contributed by atoms with Gasteiger partial charge in [0.15, 0.2) is 12.2 Å². The normalized spacial score (nSPS) is 14.4. The summed E-state index contributed by atoms with van der Waals surface area (Å²) < 4.78 is 67.7. The summed E-state index contributed by atoms with van der Waals surface area (Å²) in [6, 6.07) is 0. The number of ether oxygens (including phenoxy) is 4. The lowest BCUT2D eigenvalue weighted by Crippen LogP contribution is -2.30. The van der Waals surface area contributed by atoms with E-state index in [2.05, 4.69) is 52.0 Å². The molecule has 17 nitrogen and oxygen atoms in total. The topological polar surface area (TPSA) is 237 Å². The van der Waals surface area contributed by atoms with Crippen LogP contribution in [0, 0.1) is 0 Å². The zero-order valence-electron chi connectivity index (χ0n) is 51.9. The van der Waals surface area contributed by atoms with E-state index in [1.165, 1.54) is 109 Å². The first-order valence-corrected chi connectivity index (χ1v) is 35.6. The Labute approximate surface area is 497 Å². The molecule has 3 N–H and O–H groups in total. The summed E-state index contributed by atoms with van der Waals surface area (Å²) >= 11 is 0. The zero-order chi connectivity index (χ0) is 60.5. The highest BCUT2D eigenvalue weighted by Crippen LogP contribution is 2.45. The van der Waals surface area contributed by atoms with Crippen LogP contribution in [0.15, 0.2) is 24.3 Å². The van der Waals surface area contributed by atoms with Crippen LogP contribution in [-0.4, -0.2) is 96.7 Å². The molecule has 0 aliphatic rings. The Balaban J connectivity index is 5.21. The van der Waals surface area contributed by atoms with E-state index in [0.717, 1.165) is 109 Å². The van der Waals surface area contributed by atoms with Gasteiger partial charge in [-0.1, -0.05) is 245 Å². The summed E-state index contributed by atoms with van der Waals surface area (Å²) in [5.74, 6) is -2.17. The van der Waals surface area contributed by atoms with Crippen LogP contribution in [0.3, 0.4) is 0 Å². The van der Waals surface area contributed by atoms with Gasteiger partial charge < -0.3 is 33.8 Å². The number of phosphoric acid groups is 2. The predicted octanol–water partition coefficient (Wildman–Crippen LogP) is 17.1. The van der Waals surface area contributed by atoms with E-state index in [0.29, 0.717) is 25.7 Å². The molecule has 0 saturated heterocycles. The number of esters is 4. The third-order valence-electron chi connectivity index (χ3n) is 14.0. The average Bonchev–Trinajstić information content (AvgIpc) is 3.47. The molecule has 0 saturated carbocycles. The molecule has 0 fully saturated rings. The summed E-state index contributed by atoms with van der Waals surface area (Å²) in [6.07, 6.45) is 45.5. The molecule has 82 heavy (non-hydrogen) atoms. The molecule has 0 amide bonds. The van der Waals surface area contributed by atoms with Crippen molar-refractivity contribution in [3.8, 4) is 0 Å². The maximum Gasteiger partial charge on any atom is 0.472 e. The number of rotatable bonds is 62. The summed E-state index contributed by atoms with van der Waals surface area (Å²) in [5.41, 5.74) is 0. The number of allylic oxidation sites excluding steroid dienone is 4. The van der Waals surface area contributed by atoms with Gasteiger partial charge in [0, 0.05) is 25.7 Å². The van der Waals surface area contributed by atoms with Crippen LogP contribution in [0.25, 0.3) is 0 Å². The van der Waals surface area contributed by atoms with Gasteiger partial charge in [0.2, 0.25) is 0 Å². The Hall–Kier alpha value is -2.46. The number of aliphatic hydroxyl groups excluding tert-OH is 1. The molecule has 0 aromatic carbocycles. The van der Waals surface area contributed by atoms with Gasteiger partial charge in [0.25, 0.3) is 0 Å². The summed E-state index contributed by atoms with van der Waals surface area (Å²) in [4.78, 5) is 71.9. The van der Waals surface area contributed by atoms with Gasteiger partial charge in [-0.05, 0) is 51.4 Å². The van der Waals surface area contributed by atoms with Gasteiger partial charge in [0.1, 0.15) is 19.3 Å². The van der Waals surface area contributed by atoms with E-state index in [-0.39, 0.29) is 25.7 Å². The molecule has 482 valence electrons. The van der Waals surface area contributed by atoms with Crippen molar-refractivity contribution in [2.75, 3.05) is 39.6 Å². The fourth-order valence-corrected chi connectivity index (χ4v) is 10.5. The molecule has 0 bridgehead atoms. The molecule has 0 rings (SSSR count). The molecule has 0 spiro atoms. The van der Waals surface area contributed by atoms with Crippen LogP contribution in [0.4, 0.5) is 0 Å². The molecular formula is C63H118O17P2. The van der Waals surface area contributed by atoms with Crippen LogP contribution in [0.2, 0.25) is 0 Å². The second kappa shape index (κ2) is 57.6. The minimum absolute atomic E-state index is 0.0854. The van der Waals surface area contributed by atoms with Crippen molar-refractivity contribution in [3.05, 3.63) is 24.3 Å². The highest BCUT2D eigenvalue weighted by Gasteiger charge is 2.30. The van der Waals surface area contributed by atoms with Crippen LogP contribution in [0.5, 0.6) is 0 Å². The van der Waals surface area contributed by atoms with Gasteiger partial charge in [0.05, 0.1) is 26.4 Å². The van der Waals surface area contributed by atoms with E-state index in [1.807, 2.05) is 0 Å². The molecular weight excluding hydrogens is 1090 g/mol. The minimum atomic E-state index is -4.95. The second-order valence-electron chi connectivity index (χ2n) is 22.1. The molecule has 0 aliphatic carbocycles. The maximum atomic E-state index is 13.0. The summed E-state index contributed by atoms with van der Waals surface area (Å²) in [5, 5.41) is 10.5. The molecule has 0 radical (unpaired) electrons. The molecule has 0 aromatic rings. The Bertz CT molecular complexity index is 1680. The molecule has 0 aliphatic heterocycles. The number of hydrogen-bond donors (Lipinski definition) is 3. The number of unbranched alkanes of at least 4 members (excludes halogenated alkanes) is 33. The van der Waals surface area contributed by atoms with Crippen molar-refractivity contribution in [1.82, 2.24) is 0 Å².